The molecule has 13 heteroatoms. The summed E-state index contributed by atoms with van der Waals surface area (Å²) in [5, 5.41) is 22.6. The molecule has 1 saturated heterocycles. The van der Waals surface area contributed by atoms with Gasteiger partial charge in [0.2, 0.25) is 11.8 Å². The Hall–Kier alpha value is -4.33. The number of methoxy groups -OCH3 is 2. The van der Waals surface area contributed by atoms with Gasteiger partial charge in [0.15, 0.2) is 0 Å². The van der Waals surface area contributed by atoms with Crippen molar-refractivity contribution in [1.29, 1.82) is 0 Å². The number of carbonyl (C=O) groups excluding carboxylic acids is 4. The van der Waals surface area contributed by atoms with Gasteiger partial charge in [-0.25, -0.2) is 4.98 Å². The first-order valence-electron chi connectivity index (χ1n) is 18.4. The Kier molecular flexibility index (Phi) is 15.8. The molecular weight excluding hydrogens is 695 g/mol. The largest absolute Gasteiger partial charge is 0.497 e. The van der Waals surface area contributed by atoms with Crippen LogP contribution in [-0.4, -0.2) is 84.6 Å². The first kappa shape index (κ1) is 41.4. The van der Waals surface area contributed by atoms with Gasteiger partial charge in [-0.2, -0.15) is 0 Å². The second-order valence-electron chi connectivity index (χ2n) is 14.0. The van der Waals surface area contributed by atoms with Crippen molar-refractivity contribution in [3.8, 4) is 5.75 Å². The summed E-state index contributed by atoms with van der Waals surface area (Å²) in [4.78, 5) is 59.6. The van der Waals surface area contributed by atoms with Crippen LogP contribution in [0.3, 0.4) is 0 Å². The Morgan fingerprint density at radius 1 is 0.981 bits per heavy atom. The number of likely N-dealkylation sites (N-methyl/N-ethyl adjacent to an activating group) is 1. The van der Waals surface area contributed by atoms with Crippen molar-refractivity contribution in [3.05, 3.63) is 81.8 Å². The highest BCUT2D eigenvalue weighted by molar-refractivity contribution is 7.09. The molecule has 288 valence electrons. The van der Waals surface area contributed by atoms with Crippen LogP contribution >= 0.6 is 11.3 Å². The summed E-state index contributed by atoms with van der Waals surface area (Å²) in [6.45, 7) is 6.52. The van der Waals surface area contributed by atoms with E-state index in [0.717, 1.165) is 48.3 Å². The molecule has 0 radical (unpaired) electrons. The lowest BCUT2D eigenvalue weighted by molar-refractivity contribution is -0.145. The molecule has 0 aliphatic carbocycles. The van der Waals surface area contributed by atoms with Crippen molar-refractivity contribution >= 4 is 35.0 Å². The second-order valence-corrected chi connectivity index (χ2v) is 14.9. The average Bonchev–Trinajstić information content (AvgIpc) is 3.67. The number of aliphatic hydroxyl groups excluding tert-OH is 1. The number of ether oxygens (including phenoxy) is 2. The normalized spacial score (nSPS) is 18.1. The molecule has 0 bridgehead atoms. The summed E-state index contributed by atoms with van der Waals surface area (Å²) in [6.07, 6.45) is 3.23. The quantitative estimate of drug-likeness (QED) is 0.132. The van der Waals surface area contributed by atoms with Gasteiger partial charge in [0.25, 0.3) is 5.91 Å². The van der Waals surface area contributed by atoms with Crippen LogP contribution in [0.15, 0.2) is 60.0 Å². The van der Waals surface area contributed by atoms with Gasteiger partial charge < -0.3 is 30.5 Å². The third-order valence-electron chi connectivity index (χ3n) is 10.1. The van der Waals surface area contributed by atoms with Crippen LogP contribution < -0.4 is 20.7 Å². The Morgan fingerprint density at radius 3 is 2.34 bits per heavy atom. The van der Waals surface area contributed by atoms with E-state index in [0.29, 0.717) is 30.0 Å². The fraction of sp³-hybridized carbons (Fsp3) is 0.525. The number of carbonyl (C=O) groups is 4. The second kappa shape index (κ2) is 20.2. The summed E-state index contributed by atoms with van der Waals surface area (Å²) >= 11 is 1.15. The highest BCUT2D eigenvalue weighted by atomic mass is 32.1. The van der Waals surface area contributed by atoms with Gasteiger partial charge in [-0.1, -0.05) is 76.1 Å². The van der Waals surface area contributed by atoms with Crippen LogP contribution in [-0.2, 0) is 25.5 Å². The van der Waals surface area contributed by atoms with E-state index in [1.54, 1.807) is 31.5 Å². The van der Waals surface area contributed by atoms with Crippen molar-refractivity contribution in [1.82, 2.24) is 25.8 Å². The third-order valence-corrected chi connectivity index (χ3v) is 11.0. The number of hydrogen-bond donors (Lipinski definition) is 4. The van der Waals surface area contributed by atoms with Crippen LogP contribution in [0.25, 0.3) is 0 Å². The number of aliphatic hydroxyl groups is 1. The molecule has 3 aromatic rings. The van der Waals surface area contributed by atoms with E-state index in [4.69, 9.17) is 9.47 Å². The van der Waals surface area contributed by atoms with Crippen molar-refractivity contribution in [2.24, 2.45) is 11.8 Å². The first-order valence-corrected chi connectivity index (χ1v) is 19.3. The van der Waals surface area contributed by atoms with Crippen LogP contribution in [0.2, 0.25) is 0 Å². The van der Waals surface area contributed by atoms with Gasteiger partial charge in [0, 0.05) is 17.8 Å². The van der Waals surface area contributed by atoms with E-state index in [1.807, 2.05) is 68.3 Å². The zero-order valence-corrected chi connectivity index (χ0v) is 32.5. The van der Waals surface area contributed by atoms with E-state index >= 15 is 0 Å². The fourth-order valence-electron chi connectivity index (χ4n) is 6.68. The number of hydrogen-bond acceptors (Lipinski definition) is 10. The SMILES string of the molecule is CC[C@H](C)[C@H](NC(=O)[C@H]1CCCCN1C)C(=O)N[C@H](C[C@@H](O)c1nc(C(=O)N[C@@H](Cc2ccccc2)C[C@H](C)C(=O)OC)cs1)c1ccc(OC)cc1. The predicted octanol–water partition coefficient (Wildman–Crippen LogP) is 4.99. The molecule has 1 fully saturated rings. The fourth-order valence-corrected chi connectivity index (χ4v) is 7.47. The molecule has 12 nitrogen and oxygen atoms in total. The molecule has 0 spiro atoms. The highest BCUT2D eigenvalue weighted by Gasteiger charge is 2.34. The van der Waals surface area contributed by atoms with Crippen LogP contribution in [0.4, 0.5) is 0 Å². The Bertz CT molecular complexity index is 1640. The number of benzene rings is 2. The van der Waals surface area contributed by atoms with Crippen molar-refractivity contribution < 1.29 is 33.8 Å². The number of amides is 3. The van der Waals surface area contributed by atoms with Gasteiger partial charge in [-0.15, -0.1) is 11.3 Å². The van der Waals surface area contributed by atoms with Gasteiger partial charge in [-0.05, 0) is 68.5 Å². The number of rotatable bonds is 18. The maximum Gasteiger partial charge on any atom is 0.308 e. The molecule has 4 N–H and O–H groups in total. The lowest BCUT2D eigenvalue weighted by atomic mass is 9.95. The van der Waals surface area contributed by atoms with Gasteiger partial charge in [0.1, 0.15) is 28.6 Å². The molecule has 2 heterocycles. The van der Waals surface area contributed by atoms with Gasteiger partial charge in [-0.3, -0.25) is 24.1 Å². The maximum absolute atomic E-state index is 14.0. The molecule has 4 rings (SSSR count). The smallest absolute Gasteiger partial charge is 0.308 e. The van der Waals surface area contributed by atoms with E-state index in [2.05, 4.69) is 20.9 Å². The van der Waals surface area contributed by atoms with Crippen LogP contribution in [0, 0.1) is 11.8 Å². The number of nitrogens with one attached hydrogen (secondary N) is 3. The molecule has 7 atom stereocenters. The monoisotopic (exact) mass is 749 g/mol. The van der Waals surface area contributed by atoms with Gasteiger partial charge in [0.05, 0.1) is 32.2 Å². The number of piperidine rings is 1. The Morgan fingerprint density at radius 2 is 1.70 bits per heavy atom. The summed E-state index contributed by atoms with van der Waals surface area (Å²) in [6, 6.07) is 14.8. The lowest BCUT2D eigenvalue weighted by Crippen LogP contribution is -2.56. The maximum atomic E-state index is 14.0. The molecule has 0 unspecified atom stereocenters. The molecule has 1 aromatic heterocycles. The van der Waals surface area contributed by atoms with Crippen molar-refractivity contribution in [2.75, 3.05) is 27.8 Å². The van der Waals surface area contributed by atoms with E-state index < -0.39 is 30.0 Å². The van der Waals surface area contributed by atoms with Crippen LogP contribution in [0.5, 0.6) is 5.75 Å². The average molecular weight is 750 g/mol. The first-order chi connectivity index (χ1) is 25.4. The molecule has 0 saturated carbocycles. The van der Waals surface area contributed by atoms with Crippen LogP contribution in [0.1, 0.15) is 98.1 Å². The van der Waals surface area contributed by atoms with Crippen molar-refractivity contribution in [3.63, 3.8) is 0 Å². The topological polar surface area (TPSA) is 159 Å². The molecule has 53 heavy (non-hydrogen) atoms. The highest BCUT2D eigenvalue weighted by Crippen LogP contribution is 2.30. The number of nitrogens with zero attached hydrogens (tertiary/aromatic N) is 2. The van der Waals surface area contributed by atoms with Crippen molar-refractivity contribution in [2.45, 2.75) is 96.0 Å². The van der Waals surface area contributed by atoms with E-state index in [-0.39, 0.29) is 47.9 Å². The molecule has 2 aromatic carbocycles. The number of thiazole rings is 1. The standard InChI is InChI=1S/C40H55N5O7S/c1-7-25(2)35(44-37(48)33-15-11-12-20-45(33)4)38(49)42-31(28-16-18-30(51-5)19-17-28)23-34(46)39-43-32(24-53-39)36(47)41-29(21-26(3)40(50)52-6)22-27-13-9-8-10-14-27/h8-10,13-14,16-19,24-26,29,31,33-35,46H,7,11-12,15,20-23H2,1-6H3,(H,41,47)(H,42,49)(H,44,48)/t25-,26-,29+,31+,33+,34+,35-/m0/s1. The zero-order valence-electron chi connectivity index (χ0n) is 31.7. The van der Waals surface area contributed by atoms with E-state index in [1.165, 1.54) is 7.11 Å². The zero-order chi connectivity index (χ0) is 38.5. The summed E-state index contributed by atoms with van der Waals surface area (Å²) in [5.41, 5.74) is 1.88. The summed E-state index contributed by atoms with van der Waals surface area (Å²) in [7, 11) is 4.85. The minimum atomic E-state index is -1.12. The minimum absolute atomic E-state index is 0.0620. The summed E-state index contributed by atoms with van der Waals surface area (Å²) in [5.74, 6) is -1.22. The Balaban J connectivity index is 1.50. The molecule has 1 aliphatic heterocycles. The number of esters is 1. The molecular formula is C40H55N5O7S. The summed E-state index contributed by atoms with van der Waals surface area (Å²) < 4.78 is 10.3. The Labute approximate surface area is 317 Å². The molecule has 3 amide bonds. The van der Waals surface area contributed by atoms with E-state index in [9.17, 15) is 24.3 Å². The number of aromatic nitrogens is 1. The van der Waals surface area contributed by atoms with Gasteiger partial charge >= 0.3 is 5.97 Å². The molecule has 1 aliphatic rings. The predicted molar refractivity (Wildman–Crippen MR) is 204 cm³/mol. The lowest BCUT2D eigenvalue weighted by Gasteiger charge is -2.34. The number of likely N-dealkylation sites (tertiary alicyclic amines) is 1. The minimum Gasteiger partial charge on any atom is -0.497 e. The third kappa shape index (κ3) is 11.8.